The van der Waals surface area contributed by atoms with E-state index in [-0.39, 0.29) is 0 Å². The van der Waals surface area contributed by atoms with E-state index >= 15 is 0 Å². The van der Waals surface area contributed by atoms with E-state index in [2.05, 4.69) is 13.3 Å². The molecule has 0 aliphatic heterocycles. The Balaban J connectivity index is 6.40. The predicted octanol–water partition coefficient (Wildman–Crippen LogP) is 6.91. The average Bonchev–Trinajstić information content (AvgIpc) is 2.66. The van der Waals surface area contributed by atoms with Crippen LogP contribution in [0.2, 0.25) is 0 Å². The van der Waals surface area contributed by atoms with Gasteiger partial charge >= 0.3 is 38.3 Å². The Bertz CT molecular complexity index is 624. The van der Waals surface area contributed by atoms with Gasteiger partial charge in [0, 0.05) is 26.2 Å². The van der Waals surface area contributed by atoms with E-state index in [4.69, 9.17) is 0 Å². The number of halogens is 13. The zero-order chi connectivity index (χ0) is 27.4. The van der Waals surface area contributed by atoms with Crippen molar-refractivity contribution in [1.82, 2.24) is 0 Å². The van der Waals surface area contributed by atoms with E-state index in [0.29, 0.717) is 0 Å². The summed E-state index contributed by atoms with van der Waals surface area (Å²) >= 11 is 0. The van der Waals surface area contributed by atoms with Crippen molar-refractivity contribution in [2.45, 2.75) is 88.3 Å². The fourth-order valence-corrected chi connectivity index (χ4v) is 5.29. The van der Waals surface area contributed by atoms with Crippen molar-refractivity contribution in [3.8, 4) is 0 Å². The summed E-state index contributed by atoms with van der Waals surface area (Å²) in [5.41, 5.74) is -12.2. The molecule has 0 spiro atoms. The monoisotopic (exact) mass is 552 g/mol. The zero-order valence-corrected chi connectivity index (χ0v) is 19.5. The van der Waals surface area contributed by atoms with Gasteiger partial charge in [0.1, 0.15) is 0 Å². The largest absolute Gasteiger partial charge is 0.582 e. The summed E-state index contributed by atoms with van der Waals surface area (Å²) in [5.74, 6) is -20.1. The third-order valence-corrected chi connectivity index (χ3v) is 7.79. The SMILES string of the molecule is CCO[Si](OCC)(OCC)C(F)(F)C(F)(F)C(F)(F)C(C)(F)C(F)(F)C(F)CCCC(F)(F)F. The van der Waals surface area contributed by atoms with Gasteiger partial charge < -0.3 is 13.3 Å². The van der Waals surface area contributed by atoms with Gasteiger partial charge in [0.05, 0.1) is 0 Å². The van der Waals surface area contributed by atoms with Crippen LogP contribution in [0.4, 0.5) is 57.1 Å². The molecule has 34 heavy (non-hydrogen) atoms. The van der Waals surface area contributed by atoms with Gasteiger partial charge in [0.2, 0.25) is 5.67 Å². The van der Waals surface area contributed by atoms with E-state index in [1.807, 2.05) is 0 Å². The summed E-state index contributed by atoms with van der Waals surface area (Å²) in [6, 6.07) is 0. The molecule has 2 atom stereocenters. The first-order chi connectivity index (χ1) is 15.1. The molecule has 17 heteroatoms. The summed E-state index contributed by atoms with van der Waals surface area (Å²) in [5, 5.41) is 0. The summed E-state index contributed by atoms with van der Waals surface area (Å²) in [4.78, 5) is 0. The second-order valence-corrected chi connectivity index (χ2v) is 9.79. The van der Waals surface area contributed by atoms with Crippen molar-refractivity contribution in [3.05, 3.63) is 0 Å². The van der Waals surface area contributed by atoms with Gasteiger partial charge in [-0.2, -0.15) is 48.3 Å². The van der Waals surface area contributed by atoms with E-state index < -0.39 is 96.1 Å². The summed E-state index contributed by atoms with van der Waals surface area (Å²) in [7, 11) is -6.17. The van der Waals surface area contributed by atoms with Gasteiger partial charge in [-0.3, -0.25) is 0 Å². The lowest BCUT2D eigenvalue weighted by Crippen LogP contribution is -2.77. The zero-order valence-electron chi connectivity index (χ0n) is 18.5. The normalized spacial score (nSPS) is 17.6. The Kier molecular flexibility index (Phi) is 10.8. The highest BCUT2D eigenvalue weighted by atomic mass is 28.4. The molecule has 0 rings (SSSR count). The number of hydrogen-bond acceptors (Lipinski definition) is 3. The first kappa shape index (κ1) is 33.2. The third kappa shape index (κ3) is 5.94. The lowest BCUT2D eigenvalue weighted by atomic mass is 9.84. The molecule has 0 fully saturated rings. The van der Waals surface area contributed by atoms with Gasteiger partial charge in [0.15, 0.2) is 6.17 Å². The van der Waals surface area contributed by atoms with Crippen molar-refractivity contribution in [1.29, 1.82) is 0 Å². The lowest BCUT2D eigenvalue weighted by Gasteiger charge is -2.45. The highest BCUT2D eigenvalue weighted by Crippen LogP contribution is 2.59. The quantitative estimate of drug-likeness (QED) is 0.163. The van der Waals surface area contributed by atoms with E-state index in [1.54, 1.807) is 0 Å². The van der Waals surface area contributed by atoms with Gasteiger partial charge in [0.25, 0.3) is 0 Å². The Morgan fingerprint density at radius 1 is 0.676 bits per heavy atom. The highest BCUT2D eigenvalue weighted by molar-refractivity contribution is 6.63. The molecule has 0 radical (unpaired) electrons. The van der Waals surface area contributed by atoms with Crippen LogP contribution in [0.5, 0.6) is 0 Å². The van der Waals surface area contributed by atoms with Crippen LogP contribution in [0, 0.1) is 0 Å². The van der Waals surface area contributed by atoms with Crippen LogP contribution in [0.25, 0.3) is 0 Å². The maximum atomic E-state index is 14.9. The minimum Gasteiger partial charge on any atom is -0.370 e. The molecule has 0 saturated carbocycles. The number of rotatable bonds is 15. The van der Waals surface area contributed by atoms with Crippen molar-refractivity contribution in [2.75, 3.05) is 19.8 Å². The molecule has 2 unspecified atom stereocenters. The lowest BCUT2D eigenvalue weighted by molar-refractivity contribution is -0.365. The van der Waals surface area contributed by atoms with E-state index in [9.17, 15) is 57.1 Å². The van der Waals surface area contributed by atoms with Crippen LogP contribution in [0.1, 0.15) is 47.0 Å². The van der Waals surface area contributed by atoms with Gasteiger partial charge in [-0.15, -0.1) is 0 Å². The molecule has 0 aliphatic rings. The van der Waals surface area contributed by atoms with Crippen molar-refractivity contribution in [3.63, 3.8) is 0 Å². The second-order valence-electron chi connectivity index (χ2n) is 7.18. The highest BCUT2D eigenvalue weighted by Gasteiger charge is 2.90. The van der Waals surface area contributed by atoms with Gasteiger partial charge in [-0.1, -0.05) is 0 Å². The molecule has 0 amide bonds. The fourth-order valence-electron chi connectivity index (χ4n) is 2.82. The molecule has 0 saturated heterocycles. The van der Waals surface area contributed by atoms with Crippen molar-refractivity contribution >= 4 is 8.80 Å². The van der Waals surface area contributed by atoms with Crippen LogP contribution in [-0.2, 0) is 13.3 Å². The van der Waals surface area contributed by atoms with Crippen LogP contribution < -0.4 is 0 Å². The van der Waals surface area contributed by atoms with Crippen molar-refractivity contribution in [2.24, 2.45) is 0 Å². The Morgan fingerprint density at radius 3 is 1.38 bits per heavy atom. The van der Waals surface area contributed by atoms with Crippen LogP contribution in [-0.4, -0.2) is 70.0 Å². The molecular formula is C17H25F13O3Si. The minimum atomic E-state index is -7.00. The van der Waals surface area contributed by atoms with Gasteiger partial charge in [-0.05, 0) is 40.5 Å². The van der Waals surface area contributed by atoms with Crippen LogP contribution in [0.15, 0.2) is 0 Å². The maximum absolute atomic E-state index is 14.9. The standard InChI is InChI=1S/C17H25F13O3Si/c1-5-31-34(32-6-2,33-7-3)17(29,30)16(27,28)15(25,26)12(4,19)14(23,24)11(18)9-8-10-13(20,21)22/h11H,5-10H2,1-4H3. The summed E-state index contributed by atoms with van der Waals surface area (Å²) < 4.78 is 194. The van der Waals surface area contributed by atoms with E-state index in [1.165, 1.54) is 0 Å². The molecule has 0 aromatic heterocycles. The summed E-state index contributed by atoms with van der Waals surface area (Å²) in [6.07, 6.45) is -14.3. The number of alkyl halides is 13. The summed E-state index contributed by atoms with van der Waals surface area (Å²) in [6.45, 7) is -0.593. The molecule has 0 heterocycles. The molecule has 0 aliphatic carbocycles. The molecule has 0 aromatic carbocycles. The Morgan fingerprint density at radius 2 is 1.06 bits per heavy atom. The fraction of sp³-hybridized carbons (Fsp3) is 1.00. The molecule has 0 N–H and O–H groups in total. The molecule has 0 aromatic rings. The predicted molar refractivity (Wildman–Crippen MR) is 94.7 cm³/mol. The molecule has 0 bridgehead atoms. The molecular weight excluding hydrogens is 527 g/mol. The number of hydrogen-bond donors (Lipinski definition) is 0. The van der Waals surface area contributed by atoms with Crippen LogP contribution in [0.3, 0.4) is 0 Å². The third-order valence-electron chi connectivity index (χ3n) is 4.70. The average molecular weight is 552 g/mol. The first-order valence-electron chi connectivity index (χ1n) is 9.89. The smallest absolute Gasteiger partial charge is 0.370 e. The first-order valence-corrected chi connectivity index (χ1v) is 11.6. The van der Waals surface area contributed by atoms with Gasteiger partial charge in [-0.25, -0.2) is 8.78 Å². The molecule has 3 nitrogen and oxygen atoms in total. The Hall–Kier alpha value is -0.813. The minimum absolute atomic E-state index is 0.849. The van der Waals surface area contributed by atoms with E-state index in [0.717, 1.165) is 20.8 Å². The topological polar surface area (TPSA) is 27.7 Å². The van der Waals surface area contributed by atoms with Crippen LogP contribution >= 0.6 is 0 Å². The molecule has 206 valence electrons. The van der Waals surface area contributed by atoms with Crippen molar-refractivity contribution < 1.29 is 70.4 Å². The second kappa shape index (κ2) is 11.1. The maximum Gasteiger partial charge on any atom is 0.582 e. The Labute approximate surface area is 188 Å².